The minimum absolute atomic E-state index is 0.175. The Morgan fingerprint density at radius 2 is 2.07 bits per heavy atom. The number of hydroxylamine groups is 2. The molecule has 1 aromatic heterocycles. The molecule has 2 aliphatic rings. The molecule has 158 valence electrons. The summed E-state index contributed by atoms with van der Waals surface area (Å²) in [6, 6.07) is 8.17. The van der Waals surface area contributed by atoms with Crippen LogP contribution in [-0.2, 0) is 39.4 Å². The fraction of sp³-hybridized carbons (Fsp3) is 0.381. The Hall–Kier alpha value is -3.17. The Morgan fingerprint density at radius 1 is 1.30 bits per heavy atom. The van der Waals surface area contributed by atoms with Crippen molar-refractivity contribution < 1.29 is 23.9 Å². The molecule has 2 bridgehead atoms. The smallest absolute Gasteiger partial charge is 0.345 e. The van der Waals surface area contributed by atoms with Gasteiger partial charge in [-0.15, -0.1) is 6.58 Å². The summed E-state index contributed by atoms with van der Waals surface area (Å²) in [5, 5.41) is 5.89. The maximum atomic E-state index is 12.9. The van der Waals surface area contributed by atoms with Crippen LogP contribution in [0.4, 0.5) is 4.79 Å². The first-order valence-electron chi connectivity index (χ1n) is 9.65. The molecule has 2 atom stereocenters. The van der Waals surface area contributed by atoms with Crippen LogP contribution in [0.15, 0.2) is 43.0 Å². The van der Waals surface area contributed by atoms with Crippen molar-refractivity contribution in [3.63, 3.8) is 0 Å². The summed E-state index contributed by atoms with van der Waals surface area (Å²) in [6.07, 6.45) is 1.57. The second-order valence-corrected chi connectivity index (χ2v) is 7.13. The van der Waals surface area contributed by atoms with Gasteiger partial charge in [-0.05, 0) is 5.56 Å². The van der Waals surface area contributed by atoms with Gasteiger partial charge in [0.05, 0.1) is 44.9 Å². The van der Waals surface area contributed by atoms with Gasteiger partial charge >= 0.3 is 12.0 Å². The summed E-state index contributed by atoms with van der Waals surface area (Å²) in [5.74, 6) is -0.520. The number of carbonyl (C=O) groups is 2. The van der Waals surface area contributed by atoms with Crippen LogP contribution in [0.1, 0.15) is 34.6 Å². The van der Waals surface area contributed by atoms with Crippen molar-refractivity contribution >= 4 is 12.0 Å². The van der Waals surface area contributed by atoms with Crippen LogP contribution in [0.5, 0.6) is 0 Å². The molecular weight excluding hydrogens is 388 g/mol. The number of benzene rings is 1. The van der Waals surface area contributed by atoms with E-state index in [1.165, 1.54) is 17.1 Å². The number of carbonyl (C=O) groups excluding carboxylic acids is 2. The van der Waals surface area contributed by atoms with Gasteiger partial charge in [-0.3, -0.25) is 9.52 Å². The minimum Gasteiger partial charge on any atom is -0.467 e. The Kier molecular flexibility index (Phi) is 5.56. The van der Waals surface area contributed by atoms with E-state index in [9.17, 15) is 9.59 Å². The number of methoxy groups -OCH3 is 1. The van der Waals surface area contributed by atoms with Gasteiger partial charge in [0.2, 0.25) is 0 Å². The number of aryl methyl sites for hydroxylation is 1. The van der Waals surface area contributed by atoms with Crippen molar-refractivity contribution in [3.05, 3.63) is 65.5 Å². The molecule has 30 heavy (non-hydrogen) atoms. The Bertz CT molecular complexity index is 958. The maximum Gasteiger partial charge on any atom is 0.345 e. The summed E-state index contributed by atoms with van der Waals surface area (Å²) >= 11 is 0. The van der Waals surface area contributed by atoms with E-state index in [0.29, 0.717) is 24.5 Å². The zero-order chi connectivity index (χ0) is 21.3. The van der Waals surface area contributed by atoms with Gasteiger partial charge in [0.15, 0.2) is 6.04 Å². The molecule has 0 saturated carbocycles. The van der Waals surface area contributed by atoms with Gasteiger partial charge in [-0.25, -0.2) is 9.59 Å². The predicted molar refractivity (Wildman–Crippen MR) is 106 cm³/mol. The van der Waals surface area contributed by atoms with Gasteiger partial charge in [-0.2, -0.15) is 10.2 Å². The van der Waals surface area contributed by atoms with Crippen LogP contribution in [0, 0.1) is 0 Å². The lowest BCUT2D eigenvalue weighted by Gasteiger charge is -2.29. The lowest BCUT2D eigenvalue weighted by atomic mass is 9.95. The molecule has 9 heteroatoms. The molecule has 1 aromatic carbocycles. The summed E-state index contributed by atoms with van der Waals surface area (Å²) in [6.45, 7) is 4.79. The van der Waals surface area contributed by atoms with E-state index in [4.69, 9.17) is 14.3 Å². The van der Waals surface area contributed by atoms with E-state index in [1.807, 2.05) is 30.3 Å². The third-order valence-electron chi connectivity index (χ3n) is 5.30. The molecule has 0 aliphatic carbocycles. The average Bonchev–Trinajstić information content (AvgIpc) is 3.22. The summed E-state index contributed by atoms with van der Waals surface area (Å²) in [4.78, 5) is 32.6. The van der Waals surface area contributed by atoms with Crippen LogP contribution in [0.2, 0.25) is 0 Å². The van der Waals surface area contributed by atoms with Crippen molar-refractivity contribution in [2.45, 2.75) is 25.3 Å². The Labute approximate surface area is 174 Å². The SMILES string of the molecule is C=CCON1C(=O)N2C[C@H]1c1c(COCc3ccccc3)nn(C)c1[C@H]2C(=O)OC. The van der Waals surface area contributed by atoms with Gasteiger partial charge in [-0.1, -0.05) is 36.4 Å². The van der Waals surface area contributed by atoms with E-state index >= 15 is 0 Å². The van der Waals surface area contributed by atoms with Crippen LogP contribution in [0.25, 0.3) is 0 Å². The normalized spacial score (nSPS) is 19.7. The Balaban J connectivity index is 1.66. The van der Waals surface area contributed by atoms with Crippen LogP contribution < -0.4 is 0 Å². The number of rotatable bonds is 8. The number of urea groups is 1. The molecule has 2 aromatic rings. The number of nitrogens with zero attached hydrogens (tertiary/aromatic N) is 4. The van der Waals surface area contributed by atoms with E-state index in [-0.39, 0.29) is 19.2 Å². The van der Waals surface area contributed by atoms with Gasteiger partial charge in [0, 0.05) is 12.6 Å². The topological polar surface area (TPSA) is 86.1 Å². The largest absolute Gasteiger partial charge is 0.467 e. The fourth-order valence-corrected chi connectivity index (χ4v) is 4.04. The number of hydrogen-bond acceptors (Lipinski definition) is 6. The van der Waals surface area contributed by atoms with Crippen molar-refractivity contribution in [1.82, 2.24) is 19.7 Å². The maximum absolute atomic E-state index is 12.9. The number of fused-ring (bicyclic) bond motifs is 4. The van der Waals surface area contributed by atoms with Crippen molar-refractivity contribution in [3.8, 4) is 0 Å². The molecule has 0 N–H and O–H groups in total. The lowest BCUT2D eigenvalue weighted by molar-refractivity contribution is -0.146. The second-order valence-electron chi connectivity index (χ2n) is 7.13. The zero-order valence-electron chi connectivity index (χ0n) is 17.0. The molecule has 2 amide bonds. The fourth-order valence-electron chi connectivity index (χ4n) is 4.04. The minimum atomic E-state index is -0.883. The van der Waals surface area contributed by atoms with E-state index in [1.54, 1.807) is 17.8 Å². The highest BCUT2D eigenvalue weighted by atomic mass is 16.7. The van der Waals surface area contributed by atoms with Crippen LogP contribution in [-0.4, -0.2) is 52.0 Å². The predicted octanol–water partition coefficient (Wildman–Crippen LogP) is 2.26. The summed E-state index contributed by atoms with van der Waals surface area (Å²) < 4.78 is 12.5. The van der Waals surface area contributed by atoms with E-state index < -0.39 is 18.1 Å². The lowest BCUT2D eigenvalue weighted by Crippen LogP contribution is -2.40. The molecule has 1 saturated heterocycles. The summed E-state index contributed by atoms with van der Waals surface area (Å²) in [7, 11) is 3.06. The number of amides is 2. The molecule has 0 spiro atoms. The Morgan fingerprint density at radius 3 is 2.77 bits per heavy atom. The first-order chi connectivity index (χ1) is 14.6. The molecule has 0 radical (unpaired) electrons. The van der Waals surface area contributed by atoms with Crippen molar-refractivity contribution in [1.29, 1.82) is 0 Å². The van der Waals surface area contributed by atoms with E-state index in [2.05, 4.69) is 11.7 Å². The van der Waals surface area contributed by atoms with Gasteiger partial charge in [0.25, 0.3) is 0 Å². The summed E-state index contributed by atoms with van der Waals surface area (Å²) in [5.41, 5.74) is 3.11. The second kappa shape index (κ2) is 8.29. The van der Waals surface area contributed by atoms with E-state index in [0.717, 1.165) is 11.1 Å². The van der Waals surface area contributed by atoms with Crippen LogP contribution in [0.3, 0.4) is 0 Å². The third-order valence-corrected chi connectivity index (χ3v) is 5.30. The van der Waals surface area contributed by atoms with Crippen molar-refractivity contribution in [2.24, 2.45) is 7.05 Å². The number of esters is 1. The van der Waals surface area contributed by atoms with Crippen molar-refractivity contribution in [2.75, 3.05) is 20.3 Å². The molecule has 3 heterocycles. The third kappa shape index (κ3) is 3.35. The monoisotopic (exact) mass is 412 g/mol. The standard InChI is InChI=1S/C21H24N4O5/c1-4-10-30-25-16-11-24(21(25)27)19(20(26)28-3)18-17(16)15(22-23(18)2)13-29-12-14-8-6-5-7-9-14/h4-9,16,19H,1,10-13H2,2-3H3/t16-,19-/m0/s1. The first-order valence-corrected chi connectivity index (χ1v) is 9.65. The molecular formula is C21H24N4O5. The number of aromatic nitrogens is 2. The number of ether oxygens (including phenoxy) is 2. The van der Waals surface area contributed by atoms with Gasteiger partial charge in [0.1, 0.15) is 6.04 Å². The molecule has 1 fully saturated rings. The number of hydrogen-bond donors (Lipinski definition) is 0. The molecule has 9 nitrogen and oxygen atoms in total. The first kappa shape index (κ1) is 20.1. The molecule has 0 unspecified atom stereocenters. The van der Waals surface area contributed by atoms with Crippen LogP contribution >= 0.6 is 0 Å². The highest BCUT2D eigenvalue weighted by Gasteiger charge is 2.54. The molecule has 4 rings (SSSR count). The highest BCUT2D eigenvalue weighted by Crippen LogP contribution is 2.45. The van der Waals surface area contributed by atoms with Gasteiger partial charge < -0.3 is 14.4 Å². The molecule has 2 aliphatic heterocycles. The quantitative estimate of drug-likeness (QED) is 0.488. The zero-order valence-corrected chi connectivity index (χ0v) is 17.0. The highest BCUT2D eigenvalue weighted by molar-refractivity contribution is 5.87. The average molecular weight is 412 g/mol.